The summed E-state index contributed by atoms with van der Waals surface area (Å²) in [4.78, 5) is 11.9. The van der Waals surface area contributed by atoms with Gasteiger partial charge in [-0.1, -0.05) is 29.8 Å². The molecule has 0 saturated carbocycles. The highest BCUT2D eigenvalue weighted by Crippen LogP contribution is 2.25. The van der Waals surface area contributed by atoms with Crippen LogP contribution in [-0.4, -0.2) is 17.6 Å². The van der Waals surface area contributed by atoms with Gasteiger partial charge in [0.15, 0.2) is 0 Å². The van der Waals surface area contributed by atoms with E-state index in [0.29, 0.717) is 18.5 Å². The highest BCUT2D eigenvalue weighted by atomic mass is 16.5. The molecule has 4 nitrogen and oxygen atoms in total. The summed E-state index contributed by atoms with van der Waals surface area (Å²) < 4.78 is 6.95. The molecule has 0 aliphatic carbocycles. The Bertz CT molecular complexity index is 962. The van der Waals surface area contributed by atoms with Crippen molar-refractivity contribution in [3.8, 4) is 6.07 Å². The Kier molecular flexibility index (Phi) is 5.38. The summed E-state index contributed by atoms with van der Waals surface area (Å²) in [6.45, 7) is 2.73. The van der Waals surface area contributed by atoms with E-state index in [2.05, 4.69) is 48.0 Å². The molecule has 3 aromatic rings. The number of methoxy groups -OCH3 is 1. The van der Waals surface area contributed by atoms with Crippen molar-refractivity contribution in [1.29, 1.82) is 5.26 Å². The summed E-state index contributed by atoms with van der Waals surface area (Å²) in [7, 11) is 1.39. The van der Waals surface area contributed by atoms with Crippen molar-refractivity contribution in [3.05, 3.63) is 70.9 Å². The van der Waals surface area contributed by atoms with Gasteiger partial charge in [-0.25, -0.2) is 4.79 Å². The van der Waals surface area contributed by atoms with Crippen molar-refractivity contribution in [2.24, 2.45) is 0 Å². The second-order valence-corrected chi connectivity index (χ2v) is 6.46. The Morgan fingerprint density at radius 2 is 1.92 bits per heavy atom. The Labute approximate surface area is 153 Å². The molecule has 1 aromatic heterocycles. The molecule has 0 spiro atoms. The zero-order valence-corrected chi connectivity index (χ0v) is 15.2. The Balaban J connectivity index is 1.94. The minimum Gasteiger partial charge on any atom is -0.465 e. The van der Waals surface area contributed by atoms with E-state index in [-0.39, 0.29) is 5.97 Å². The minimum absolute atomic E-state index is 0.332. The molecule has 0 aliphatic rings. The van der Waals surface area contributed by atoms with Crippen molar-refractivity contribution in [2.75, 3.05) is 7.11 Å². The third-order valence-corrected chi connectivity index (χ3v) is 4.65. The standard InChI is InChI=1S/C22H22N2O2/c1-16-4-6-17(7-5-16)8-9-19-15-24(13-3-12-23)21-11-10-18(14-20(19)21)22(25)26-2/h4-7,10-11,14-15H,3,8-9,13H2,1-2H3. The van der Waals surface area contributed by atoms with E-state index in [9.17, 15) is 4.79 Å². The molecule has 0 radical (unpaired) electrons. The van der Waals surface area contributed by atoms with Crippen LogP contribution in [0.25, 0.3) is 10.9 Å². The number of rotatable bonds is 6. The number of nitriles is 1. The molecule has 0 saturated heterocycles. The lowest BCUT2D eigenvalue weighted by Crippen LogP contribution is -2.01. The molecule has 0 N–H and O–H groups in total. The van der Waals surface area contributed by atoms with Crippen molar-refractivity contribution in [1.82, 2.24) is 4.57 Å². The number of carbonyl (C=O) groups excluding carboxylic acids is 1. The lowest BCUT2D eigenvalue weighted by Gasteiger charge is -2.04. The number of hydrogen-bond acceptors (Lipinski definition) is 3. The fourth-order valence-electron chi connectivity index (χ4n) is 3.20. The number of nitrogens with zero attached hydrogens (tertiary/aromatic N) is 2. The average Bonchev–Trinajstić information content (AvgIpc) is 3.02. The second-order valence-electron chi connectivity index (χ2n) is 6.46. The first-order valence-corrected chi connectivity index (χ1v) is 8.75. The van der Waals surface area contributed by atoms with Crippen LogP contribution in [0.2, 0.25) is 0 Å². The third-order valence-electron chi connectivity index (χ3n) is 4.65. The summed E-state index contributed by atoms with van der Waals surface area (Å²) >= 11 is 0. The molecular formula is C22H22N2O2. The molecule has 3 rings (SSSR count). The van der Waals surface area contributed by atoms with Gasteiger partial charge in [0.1, 0.15) is 0 Å². The molecule has 0 fully saturated rings. The van der Waals surface area contributed by atoms with Gasteiger partial charge in [0.25, 0.3) is 0 Å². The number of fused-ring (bicyclic) bond motifs is 1. The number of esters is 1. The number of benzene rings is 2. The van der Waals surface area contributed by atoms with E-state index in [0.717, 1.165) is 23.7 Å². The van der Waals surface area contributed by atoms with E-state index >= 15 is 0 Å². The van der Waals surface area contributed by atoms with Crippen molar-refractivity contribution in [3.63, 3.8) is 0 Å². The molecule has 0 bridgehead atoms. The zero-order chi connectivity index (χ0) is 18.5. The predicted molar refractivity (Wildman–Crippen MR) is 102 cm³/mol. The van der Waals surface area contributed by atoms with Gasteiger partial charge in [-0.15, -0.1) is 0 Å². The monoisotopic (exact) mass is 346 g/mol. The molecule has 0 unspecified atom stereocenters. The summed E-state index contributed by atoms with van der Waals surface area (Å²) in [6, 6.07) is 16.4. The molecule has 2 aromatic carbocycles. The summed E-state index contributed by atoms with van der Waals surface area (Å²) in [5, 5.41) is 9.96. The lowest BCUT2D eigenvalue weighted by molar-refractivity contribution is 0.0601. The van der Waals surface area contributed by atoms with Crippen LogP contribution in [0.5, 0.6) is 0 Å². The van der Waals surface area contributed by atoms with E-state index in [1.165, 1.54) is 23.8 Å². The normalized spacial score (nSPS) is 10.7. The molecule has 26 heavy (non-hydrogen) atoms. The summed E-state index contributed by atoms with van der Waals surface area (Å²) in [5.74, 6) is -0.332. The number of ether oxygens (including phenoxy) is 1. The van der Waals surface area contributed by atoms with Gasteiger partial charge >= 0.3 is 5.97 Å². The lowest BCUT2D eigenvalue weighted by atomic mass is 10.0. The van der Waals surface area contributed by atoms with Crippen LogP contribution in [0.3, 0.4) is 0 Å². The maximum atomic E-state index is 11.9. The van der Waals surface area contributed by atoms with Gasteiger partial charge in [0, 0.05) is 23.6 Å². The minimum atomic E-state index is -0.332. The van der Waals surface area contributed by atoms with Crippen LogP contribution in [0.15, 0.2) is 48.7 Å². The first-order chi connectivity index (χ1) is 12.6. The van der Waals surface area contributed by atoms with Crippen molar-refractivity contribution in [2.45, 2.75) is 32.7 Å². The van der Waals surface area contributed by atoms with E-state index < -0.39 is 0 Å². The average molecular weight is 346 g/mol. The maximum absolute atomic E-state index is 11.9. The fourth-order valence-corrected chi connectivity index (χ4v) is 3.20. The molecule has 0 atom stereocenters. The Morgan fingerprint density at radius 3 is 2.62 bits per heavy atom. The highest BCUT2D eigenvalue weighted by Gasteiger charge is 2.13. The third kappa shape index (κ3) is 3.78. The van der Waals surface area contributed by atoms with Crippen LogP contribution in [-0.2, 0) is 24.1 Å². The smallest absolute Gasteiger partial charge is 0.337 e. The molecule has 132 valence electrons. The topological polar surface area (TPSA) is 55.0 Å². The number of hydrogen-bond donors (Lipinski definition) is 0. The second kappa shape index (κ2) is 7.88. The number of carbonyl (C=O) groups is 1. The van der Waals surface area contributed by atoms with Gasteiger partial charge in [-0.05, 0) is 49.1 Å². The molecule has 1 heterocycles. The van der Waals surface area contributed by atoms with Crippen LogP contribution in [0, 0.1) is 18.3 Å². The zero-order valence-electron chi connectivity index (χ0n) is 15.2. The Morgan fingerprint density at radius 1 is 1.15 bits per heavy atom. The largest absolute Gasteiger partial charge is 0.465 e. The van der Waals surface area contributed by atoms with Crippen LogP contribution >= 0.6 is 0 Å². The van der Waals surface area contributed by atoms with E-state index in [1.54, 1.807) is 6.07 Å². The van der Waals surface area contributed by atoms with Gasteiger partial charge in [0.05, 0.1) is 25.2 Å². The van der Waals surface area contributed by atoms with Gasteiger partial charge < -0.3 is 9.30 Å². The summed E-state index contributed by atoms with van der Waals surface area (Å²) in [5.41, 5.74) is 5.33. The van der Waals surface area contributed by atoms with Gasteiger partial charge in [0.2, 0.25) is 0 Å². The van der Waals surface area contributed by atoms with Gasteiger partial charge in [-0.3, -0.25) is 0 Å². The molecular weight excluding hydrogens is 324 g/mol. The van der Waals surface area contributed by atoms with Crippen LogP contribution in [0.4, 0.5) is 0 Å². The fraction of sp³-hybridized carbons (Fsp3) is 0.273. The van der Waals surface area contributed by atoms with E-state index in [1.807, 2.05) is 12.1 Å². The van der Waals surface area contributed by atoms with Gasteiger partial charge in [-0.2, -0.15) is 5.26 Å². The van der Waals surface area contributed by atoms with Crippen molar-refractivity contribution < 1.29 is 9.53 Å². The van der Waals surface area contributed by atoms with Crippen molar-refractivity contribution >= 4 is 16.9 Å². The molecule has 4 heteroatoms. The molecule has 0 amide bonds. The van der Waals surface area contributed by atoms with Crippen LogP contribution in [0.1, 0.15) is 33.5 Å². The van der Waals surface area contributed by atoms with E-state index in [4.69, 9.17) is 10.00 Å². The Hall–Kier alpha value is -3.06. The quantitative estimate of drug-likeness (QED) is 0.620. The highest BCUT2D eigenvalue weighted by molar-refractivity contribution is 5.96. The first kappa shape index (κ1) is 17.8. The SMILES string of the molecule is COC(=O)c1ccc2c(c1)c(CCc1ccc(C)cc1)cn2CCC#N. The predicted octanol–water partition coefficient (Wildman–Crippen LogP) is 4.44. The van der Waals surface area contributed by atoms with Crippen LogP contribution < -0.4 is 0 Å². The number of aromatic nitrogens is 1. The maximum Gasteiger partial charge on any atom is 0.337 e. The molecule has 0 aliphatic heterocycles. The number of aryl methyl sites for hydroxylation is 4. The first-order valence-electron chi connectivity index (χ1n) is 8.75. The summed E-state index contributed by atoms with van der Waals surface area (Å²) in [6.07, 6.45) is 4.38.